The molecule has 1 unspecified atom stereocenters. The molecule has 2 aromatic heterocycles. The van der Waals surface area contributed by atoms with Gasteiger partial charge in [-0.05, 0) is 25.7 Å². The number of hydrogen-bond donors (Lipinski definition) is 0. The summed E-state index contributed by atoms with van der Waals surface area (Å²) >= 11 is 0. The second-order valence-corrected chi connectivity index (χ2v) is 8.68. The lowest BCUT2D eigenvalue weighted by atomic mass is 9.91. The maximum absolute atomic E-state index is 12.7. The zero-order chi connectivity index (χ0) is 21.1. The van der Waals surface area contributed by atoms with E-state index in [0.717, 1.165) is 55.4 Å². The highest BCUT2D eigenvalue weighted by Crippen LogP contribution is 2.34. The number of hydrogen-bond acceptors (Lipinski definition) is 7. The smallest absolute Gasteiger partial charge is 0.225 e. The van der Waals surface area contributed by atoms with Gasteiger partial charge in [-0.2, -0.15) is 0 Å². The molecule has 8 nitrogen and oxygen atoms in total. The molecular formula is C22H31N5O3. The average Bonchev–Trinajstić information content (AvgIpc) is 3.19. The minimum Gasteiger partial charge on any atom is -0.378 e. The van der Waals surface area contributed by atoms with Gasteiger partial charge in [0.2, 0.25) is 11.9 Å². The van der Waals surface area contributed by atoms with E-state index >= 15 is 0 Å². The van der Waals surface area contributed by atoms with E-state index in [4.69, 9.17) is 14.2 Å². The maximum Gasteiger partial charge on any atom is 0.225 e. The topological polar surface area (TPSA) is 84.6 Å². The molecule has 4 rings (SSSR count). The van der Waals surface area contributed by atoms with E-state index in [-0.39, 0.29) is 11.8 Å². The van der Waals surface area contributed by atoms with E-state index in [9.17, 15) is 4.79 Å². The monoisotopic (exact) mass is 413 g/mol. The van der Waals surface area contributed by atoms with Crippen molar-refractivity contribution in [2.45, 2.75) is 46.0 Å². The number of anilines is 1. The van der Waals surface area contributed by atoms with Gasteiger partial charge in [0.1, 0.15) is 0 Å². The normalized spacial score (nSPS) is 20.1. The van der Waals surface area contributed by atoms with E-state index in [1.54, 1.807) is 0 Å². The molecule has 162 valence electrons. The van der Waals surface area contributed by atoms with Crippen LogP contribution < -0.4 is 4.90 Å². The third-order valence-corrected chi connectivity index (χ3v) is 5.74. The zero-order valence-electron chi connectivity index (χ0n) is 18.1. The van der Waals surface area contributed by atoms with Crippen molar-refractivity contribution in [2.75, 3.05) is 44.3 Å². The van der Waals surface area contributed by atoms with Crippen molar-refractivity contribution in [3.05, 3.63) is 23.7 Å². The Hall–Kier alpha value is -2.48. The van der Waals surface area contributed by atoms with Crippen LogP contribution in [-0.2, 0) is 9.53 Å². The summed E-state index contributed by atoms with van der Waals surface area (Å²) in [6.07, 6.45) is 4.40. The Morgan fingerprint density at radius 2 is 2.07 bits per heavy atom. The van der Waals surface area contributed by atoms with Crippen LogP contribution in [0.1, 0.15) is 50.4 Å². The maximum atomic E-state index is 12.7. The van der Waals surface area contributed by atoms with Gasteiger partial charge in [0.05, 0.1) is 30.2 Å². The van der Waals surface area contributed by atoms with Crippen LogP contribution in [0.5, 0.6) is 0 Å². The lowest BCUT2D eigenvalue weighted by Crippen LogP contribution is -2.40. The Balaban J connectivity index is 1.65. The molecule has 0 N–H and O–H groups in total. The van der Waals surface area contributed by atoms with E-state index in [0.29, 0.717) is 37.9 Å². The number of rotatable bonds is 5. The minimum atomic E-state index is 0.151. The molecule has 2 aromatic rings. The van der Waals surface area contributed by atoms with Crippen LogP contribution in [-0.4, -0.2) is 65.3 Å². The molecule has 0 radical (unpaired) electrons. The van der Waals surface area contributed by atoms with E-state index in [2.05, 4.69) is 28.9 Å². The molecule has 0 aromatic carbocycles. The first-order valence-electron chi connectivity index (χ1n) is 10.9. The predicted molar refractivity (Wildman–Crippen MR) is 113 cm³/mol. The van der Waals surface area contributed by atoms with Crippen LogP contribution in [0.4, 0.5) is 5.95 Å². The van der Waals surface area contributed by atoms with Crippen molar-refractivity contribution in [2.24, 2.45) is 5.92 Å². The van der Waals surface area contributed by atoms with Crippen LogP contribution >= 0.6 is 0 Å². The highest BCUT2D eigenvalue weighted by atomic mass is 16.5. The Kier molecular flexibility index (Phi) is 6.32. The number of aryl methyl sites for hydroxylation is 1. The van der Waals surface area contributed by atoms with Crippen LogP contribution in [0.2, 0.25) is 0 Å². The summed E-state index contributed by atoms with van der Waals surface area (Å²) in [6.45, 7) is 10.5. The van der Waals surface area contributed by atoms with Gasteiger partial charge < -0.3 is 19.1 Å². The number of carbonyl (C=O) groups is 1. The van der Waals surface area contributed by atoms with Gasteiger partial charge in [0.25, 0.3) is 0 Å². The molecule has 4 heterocycles. The number of nitrogens with zero attached hydrogens (tertiary/aromatic N) is 5. The quantitative estimate of drug-likeness (QED) is 0.745. The Morgan fingerprint density at radius 3 is 2.77 bits per heavy atom. The van der Waals surface area contributed by atoms with Crippen molar-refractivity contribution < 1.29 is 14.1 Å². The zero-order valence-corrected chi connectivity index (χ0v) is 18.1. The molecule has 2 saturated heterocycles. The van der Waals surface area contributed by atoms with Crippen molar-refractivity contribution in [1.29, 1.82) is 0 Å². The summed E-state index contributed by atoms with van der Waals surface area (Å²) in [5.74, 6) is 2.14. The first-order chi connectivity index (χ1) is 14.5. The van der Waals surface area contributed by atoms with Gasteiger partial charge in [-0.25, -0.2) is 9.97 Å². The van der Waals surface area contributed by atoms with Crippen LogP contribution in [0.3, 0.4) is 0 Å². The Morgan fingerprint density at radius 1 is 1.27 bits per heavy atom. The standard InChI is InChI=1S/C22H31N5O3/c1-15(2)11-20(28)27-6-4-5-17(14-27)21-18(19-12-16(3)25-30-19)13-23-22(24-21)26-7-9-29-10-8-26/h12-13,15,17H,4-11,14H2,1-3H3. The van der Waals surface area contributed by atoms with Gasteiger partial charge in [-0.15, -0.1) is 0 Å². The molecule has 2 aliphatic rings. The molecule has 0 spiro atoms. The van der Waals surface area contributed by atoms with E-state index in [1.807, 2.05) is 24.1 Å². The SMILES string of the molecule is Cc1cc(-c2cnc(N3CCOCC3)nc2C2CCCN(C(=O)CC(C)C)C2)on1. The summed E-state index contributed by atoms with van der Waals surface area (Å²) < 4.78 is 11.0. The molecular weight excluding hydrogens is 382 g/mol. The fourth-order valence-electron chi connectivity index (χ4n) is 4.20. The van der Waals surface area contributed by atoms with Crippen molar-refractivity contribution in [1.82, 2.24) is 20.0 Å². The largest absolute Gasteiger partial charge is 0.378 e. The minimum absolute atomic E-state index is 0.151. The van der Waals surface area contributed by atoms with Gasteiger partial charge in [0.15, 0.2) is 5.76 Å². The van der Waals surface area contributed by atoms with Crippen molar-refractivity contribution >= 4 is 11.9 Å². The number of ether oxygens (including phenoxy) is 1. The lowest BCUT2D eigenvalue weighted by Gasteiger charge is -2.34. The molecule has 2 fully saturated rings. The summed E-state index contributed by atoms with van der Waals surface area (Å²) in [5.41, 5.74) is 2.64. The van der Waals surface area contributed by atoms with Crippen molar-refractivity contribution in [3.8, 4) is 11.3 Å². The molecule has 0 aliphatic carbocycles. The number of morpholine rings is 1. The van der Waals surface area contributed by atoms with Crippen LogP contribution in [0, 0.1) is 12.8 Å². The summed E-state index contributed by atoms with van der Waals surface area (Å²) in [4.78, 5) is 26.5. The summed E-state index contributed by atoms with van der Waals surface area (Å²) in [5, 5.41) is 4.05. The fraction of sp³-hybridized carbons (Fsp3) is 0.636. The Labute approximate surface area is 177 Å². The lowest BCUT2D eigenvalue weighted by molar-refractivity contribution is -0.133. The second-order valence-electron chi connectivity index (χ2n) is 8.68. The molecule has 0 saturated carbocycles. The summed E-state index contributed by atoms with van der Waals surface area (Å²) in [7, 11) is 0. The van der Waals surface area contributed by atoms with E-state index < -0.39 is 0 Å². The first kappa shape index (κ1) is 20.8. The Bertz CT molecular complexity index is 875. The van der Waals surface area contributed by atoms with Gasteiger partial charge >= 0.3 is 0 Å². The number of aromatic nitrogens is 3. The molecule has 2 aliphatic heterocycles. The van der Waals surface area contributed by atoms with Gasteiger partial charge in [0, 0.05) is 50.8 Å². The predicted octanol–water partition coefficient (Wildman–Crippen LogP) is 3.03. The average molecular weight is 414 g/mol. The fourth-order valence-corrected chi connectivity index (χ4v) is 4.20. The number of likely N-dealkylation sites (tertiary alicyclic amines) is 1. The second kappa shape index (κ2) is 9.12. The van der Waals surface area contributed by atoms with Gasteiger partial charge in [-0.3, -0.25) is 4.79 Å². The molecule has 30 heavy (non-hydrogen) atoms. The third kappa shape index (κ3) is 4.64. The number of piperidine rings is 1. The molecule has 8 heteroatoms. The van der Waals surface area contributed by atoms with Crippen LogP contribution in [0.25, 0.3) is 11.3 Å². The molecule has 1 atom stereocenters. The van der Waals surface area contributed by atoms with E-state index in [1.165, 1.54) is 0 Å². The summed E-state index contributed by atoms with van der Waals surface area (Å²) in [6, 6.07) is 1.92. The van der Waals surface area contributed by atoms with Gasteiger partial charge in [-0.1, -0.05) is 19.0 Å². The number of amides is 1. The highest BCUT2D eigenvalue weighted by Gasteiger charge is 2.30. The highest BCUT2D eigenvalue weighted by molar-refractivity contribution is 5.76. The first-order valence-corrected chi connectivity index (χ1v) is 10.9. The molecule has 0 bridgehead atoms. The third-order valence-electron chi connectivity index (χ3n) is 5.74. The van der Waals surface area contributed by atoms with Crippen LogP contribution in [0.15, 0.2) is 16.8 Å². The number of carbonyl (C=O) groups excluding carboxylic acids is 1. The molecule has 1 amide bonds. The van der Waals surface area contributed by atoms with Crippen molar-refractivity contribution in [3.63, 3.8) is 0 Å².